The molecule has 0 spiro atoms. The smallest absolute Gasteiger partial charge is 0.244 e. The molecule has 0 radical (unpaired) electrons. The normalized spacial score (nSPS) is 23.4. The highest BCUT2D eigenvalue weighted by molar-refractivity contribution is 5.58. The molecule has 1 aromatic heterocycles. The van der Waals surface area contributed by atoms with Crippen LogP contribution in [0.2, 0.25) is 0 Å². The van der Waals surface area contributed by atoms with Crippen LogP contribution in [0, 0.1) is 6.92 Å². The summed E-state index contributed by atoms with van der Waals surface area (Å²) in [6.07, 6.45) is 0.291. The molecular weight excluding hydrogens is 230 g/mol. The number of aliphatic hydroxyl groups excluding tert-OH is 1. The molecule has 1 aliphatic rings. The van der Waals surface area contributed by atoms with Crippen LogP contribution in [0.15, 0.2) is 28.8 Å². The van der Waals surface area contributed by atoms with Gasteiger partial charge in [0.2, 0.25) is 11.7 Å². The molecule has 0 saturated carbocycles. The van der Waals surface area contributed by atoms with Crippen molar-refractivity contribution < 1.29 is 9.63 Å². The van der Waals surface area contributed by atoms with Crippen LogP contribution < -0.4 is 5.32 Å². The predicted molar refractivity (Wildman–Crippen MR) is 65.8 cm³/mol. The molecule has 2 aromatic rings. The lowest BCUT2D eigenvalue weighted by molar-refractivity contribution is 0.191. The average molecular weight is 245 g/mol. The molecule has 18 heavy (non-hydrogen) atoms. The first-order valence-electron chi connectivity index (χ1n) is 6.05. The van der Waals surface area contributed by atoms with Crippen molar-refractivity contribution in [3.8, 4) is 11.4 Å². The molecule has 0 amide bonds. The SMILES string of the molecule is Cc1ccccc1-c1noc(C2CC(O)CN2)n1. The Bertz CT molecular complexity index is 553. The first kappa shape index (κ1) is 11.4. The molecule has 5 nitrogen and oxygen atoms in total. The van der Waals surface area contributed by atoms with Gasteiger partial charge in [0, 0.05) is 12.1 Å². The van der Waals surface area contributed by atoms with Gasteiger partial charge in [-0.05, 0) is 18.9 Å². The Balaban J connectivity index is 1.88. The van der Waals surface area contributed by atoms with E-state index in [1.165, 1.54) is 0 Å². The average Bonchev–Trinajstić information content (AvgIpc) is 2.98. The summed E-state index contributed by atoms with van der Waals surface area (Å²) in [5, 5.41) is 16.6. The number of aliphatic hydroxyl groups is 1. The van der Waals surface area contributed by atoms with Gasteiger partial charge in [0.15, 0.2) is 0 Å². The Morgan fingerprint density at radius 3 is 2.94 bits per heavy atom. The third kappa shape index (κ3) is 2.02. The van der Waals surface area contributed by atoms with E-state index in [2.05, 4.69) is 15.5 Å². The minimum absolute atomic E-state index is 0.0368. The Morgan fingerprint density at radius 1 is 1.39 bits per heavy atom. The van der Waals surface area contributed by atoms with Crippen molar-refractivity contribution in [3.05, 3.63) is 35.7 Å². The lowest BCUT2D eigenvalue weighted by Crippen LogP contribution is -2.15. The molecule has 1 fully saturated rings. The summed E-state index contributed by atoms with van der Waals surface area (Å²) in [6, 6.07) is 7.89. The fourth-order valence-electron chi connectivity index (χ4n) is 2.22. The minimum Gasteiger partial charge on any atom is -0.392 e. The number of aromatic nitrogens is 2. The molecule has 5 heteroatoms. The van der Waals surface area contributed by atoms with Gasteiger partial charge in [-0.1, -0.05) is 29.4 Å². The number of rotatable bonds is 2. The summed E-state index contributed by atoms with van der Waals surface area (Å²) in [7, 11) is 0. The highest BCUT2D eigenvalue weighted by Gasteiger charge is 2.28. The zero-order valence-electron chi connectivity index (χ0n) is 10.1. The van der Waals surface area contributed by atoms with Gasteiger partial charge in [-0.25, -0.2) is 0 Å². The van der Waals surface area contributed by atoms with E-state index < -0.39 is 0 Å². The van der Waals surface area contributed by atoms with E-state index in [0.717, 1.165) is 11.1 Å². The summed E-state index contributed by atoms with van der Waals surface area (Å²) in [5.41, 5.74) is 2.09. The van der Waals surface area contributed by atoms with Crippen LogP contribution >= 0.6 is 0 Å². The number of nitrogens with zero attached hydrogens (tertiary/aromatic N) is 2. The quantitative estimate of drug-likeness (QED) is 0.837. The summed E-state index contributed by atoms with van der Waals surface area (Å²) in [6.45, 7) is 2.59. The second-order valence-electron chi connectivity index (χ2n) is 4.62. The van der Waals surface area contributed by atoms with E-state index in [-0.39, 0.29) is 12.1 Å². The predicted octanol–water partition coefficient (Wildman–Crippen LogP) is 1.44. The molecule has 3 rings (SSSR count). The van der Waals surface area contributed by atoms with Gasteiger partial charge < -0.3 is 14.9 Å². The van der Waals surface area contributed by atoms with Crippen molar-refractivity contribution in [2.45, 2.75) is 25.5 Å². The van der Waals surface area contributed by atoms with Crippen LogP contribution in [0.1, 0.15) is 23.9 Å². The first-order valence-corrected chi connectivity index (χ1v) is 6.05. The fourth-order valence-corrected chi connectivity index (χ4v) is 2.22. The fraction of sp³-hybridized carbons (Fsp3) is 0.385. The molecule has 2 unspecified atom stereocenters. The summed E-state index contributed by atoms with van der Waals surface area (Å²) in [5.74, 6) is 1.15. The maximum absolute atomic E-state index is 9.48. The number of hydrogen-bond donors (Lipinski definition) is 2. The van der Waals surface area contributed by atoms with Crippen molar-refractivity contribution >= 4 is 0 Å². The third-order valence-electron chi connectivity index (χ3n) is 3.23. The van der Waals surface area contributed by atoms with Crippen LogP contribution in [0.4, 0.5) is 0 Å². The van der Waals surface area contributed by atoms with Gasteiger partial charge in [-0.3, -0.25) is 0 Å². The van der Waals surface area contributed by atoms with Crippen LogP contribution in [-0.4, -0.2) is 27.9 Å². The van der Waals surface area contributed by atoms with Gasteiger partial charge in [0.25, 0.3) is 0 Å². The molecular formula is C13H15N3O2. The van der Waals surface area contributed by atoms with Gasteiger partial charge in [-0.2, -0.15) is 4.98 Å². The van der Waals surface area contributed by atoms with Crippen LogP contribution in [0.25, 0.3) is 11.4 Å². The molecule has 2 heterocycles. The van der Waals surface area contributed by atoms with E-state index in [1.807, 2.05) is 31.2 Å². The monoisotopic (exact) mass is 245 g/mol. The molecule has 1 saturated heterocycles. The van der Waals surface area contributed by atoms with Crippen molar-refractivity contribution in [3.63, 3.8) is 0 Å². The second kappa shape index (κ2) is 4.51. The highest BCUT2D eigenvalue weighted by Crippen LogP contribution is 2.25. The number of β-amino-alcohol motifs (C(OH)–C–C–N with tert-alkyl or cyclic N) is 1. The molecule has 1 aromatic carbocycles. The van der Waals surface area contributed by atoms with E-state index in [0.29, 0.717) is 24.7 Å². The number of nitrogens with one attached hydrogen (secondary N) is 1. The maximum atomic E-state index is 9.48. The molecule has 2 atom stereocenters. The van der Waals surface area contributed by atoms with Crippen molar-refractivity contribution in [1.82, 2.24) is 15.5 Å². The van der Waals surface area contributed by atoms with Crippen molar-refractivity contribution in [2.75, 3.05) is 6.54 Å². The van der Waals surface area contributed by atoms with E-state index in [4.69, 9.17) is 4.52 Å². The third-order valence-corrected chi connectivity index (χ3v) is 3.23. The van der Waals surface area contributed by atoms with Gasteiger partial charge in [0.05, 0.1) is 12.1 Å². The van der Waals surface area contributed by atoms with Crippen molar-refractivity contribution in [1.29, 1.82) is 0 Å². The van der Waals surface area contributed by atoms with Gasteiger partial charge >= 0.3 is 0 Å². The Labute approximate surface area is 105 Å². The Morgan fingerprint density at radius 2 is 2.22 bits per heavy atom. The molecule has 2 N–H and O–H groups in total. The van der Waals surface area contributed by atoms with Crippen molar-refractivity contribution in [2.24, 2.45) is 0 Å². The van der Waals surface area contributed by atoms with Crippen LogP contribution in [0.5, 0.6) is 0 Å². The second-order valence-corrected chi connectivity index (χ2v) is 4.62. The standard InChI is InChI=1S/C13H15N3O2/c1-8-4-2-3-5-10(8)12-15-13(18-16-12)11-6-9(17)7-14-11/h2-5,9,11,14,17H,6-7H2,1H3. The Hall–Kier alpha value is -1.72. The number of hydrogen-bond acceptors (Lipinski definition) is 5. The molecule has 0 bridgehead atoms. The van der Waals surface area contributed by atoms with E-state index in [9.17, 15) is 5.11 Å². The van der Waals surface area contributed by atoms with Crippen LogP contribution in [0.3, 0.4) is 0 Å². The summed E-state index contributed by atoms with van der Waals surface area (Å²) >= 11 is 0. The number of aryl methyl sites for hydroxylation is 1. The van der Waals surface area contributed by atoms with Crippen LogP contribution in [-0.2, 0) is 0 Å². The highest BCUT2D eigenvalue weighted by atomic mass is 16.5. The summed E-state index contributed by atoms with van der Waals surface area (Å²) < 4.78 is 5.27. The lowest BCUT2D eigenvalue weighted by Gasteiger charge is -2.02. The topological polar surface area (TPSA) is 71.2 Å². The van der Waals surface area contributed by atoms with E-state index in [1.54, 1.807) is 0 Å². The molecule has 0 aliphatic carbocycles. The maximum Gasteiger partial charge on any atom is 0.244 e. The Kier molecular flexibility index (Phi) is 2.85. The van der Waals surface area contributed by atoms with Gasteiger partial charge in [-0.15, -0.1) is 0 Å². The first-order chi connectivity index (χ1) is 8.74. The largest absolute Gasteiger partial charge is 0.392 e. The molecule has 94 valence electrons. The zero-order chi connectivity index (χ0) is 12.5. The number of benzene rings is 1. The lowest BCUT2D eigenvalue weighted by atomic mass is 10.1. The van der Waals surface area contributed by atoms with E-state index >= 15 is 0 Å². The molecule has 1 aliphatic heterocycles. The zero-order valence-corrected chi connectivity index (χ0v) is 10.1. The minimum atomic E-state index is -0.330. The van der Waals surface area contributed by atoms with Gasteiger partial charge in [0.1, 0.15) is 0 Å². The summed E-state index contributed by atoms with van der Waals surface area (Å²) in [4.78, 5) is 4.41.